The van der Waals surface area contributed by atoms with Crippen LogP contribution >= 0.6 is 0 Å². The molecule has 2 aromatic carbocycles. The van der Waals surface area contributed by atoms with E-state index in [0.29, 0.717) is 24.3 Å². The molecule has 4 nitrogen and oxygen atoms in total. The van der Waals surface area contributed by atoms with Gasteiger partial charge in [0.25, 0.3) is 0 Å². The van der Waals surface area contributed by atoms with E-state index in [2.05, 4.69) is 0 Å². The van der Waals surface area contributed by atoms with Gasteiger partial charge in [-0.1, -0.05) is 24.3 Å². The summed E-state index contributed by atoms with van der Waals surface area (Å²) in [6.45, 7) is 6.88. The fourth-order valence-corrected chi connectivity index (χ4v) is 2.08. The van der Waals surface area contributed by atoms with Gasteiger partial charge in [0.1, 0.15) is 12.4 Å². The summed E-state index contributed by atoms with van der Waals surface area (Å²) in [6, 6.07) is 10.6. The monoisotopic (exact) mass is 288 g/mol. The van der Waals surface area contributed by atoms with Crippen LogP contribution in [0.15, 0.2) is 36.4 Å². The summed E-state index contributed by atoms with van der Waals surface area (Å²) < 4.78 is 11.3. The quantitative estimate of drug-likeness (QED) is 0.852. The molecular weight excluding hydrogens is 268 g/mol. The van der Waals surface area contributed by atoms with Crippen LogP contribution in [0.5, 0.6) is 5.75 Å². The van der Waals surface area contributed by atoms with E-state index in [1.54, 1.807) is 18.2 Å². The molecule has 0 unspecified atom stereocenters. The number of fused-ring (bicyclic) bond motifs is 1. The second-order valence-electron chi connectivity index (χ2n) is 5.77. The Morgan fingerprint density at radius 2 is 1.71 bits per heavy atom. The fraction of sp³-hybridized carbons (Fsp3) is 0.353. The number of benzene rings is 2. The van der Waals surface area contributed by atoms with Gasteiger partial charge in [0, 0.05) is 5.39 Å². The van der Waals surface area contributed by atoms with E-state index in [1.807, 2.05) is 39.0 Å². The molecule has 0 atom stereocenters. The molecule has 2 rings (SSSR count). The zero-order chi connectivity index (χ0) is 15.5. The Morgan fingerprint density at radius 3 is 2.33 bits per heavy atom. The average Bonchev–Trinajstić information content (AvgIpc) is 2.42. The predicted octanol–water partition coefficient (Wildman–Crippen LogP) is 3.73. The molecule has 0 radical (unpaired) electrons. The van der Waals surface area contributed by atoms with Crippen LogP contribution in [0.2, 0.25) is 0 Å². The van der Waals surface area contributed by atoms with Crippen LogP contribution in [0.3, 0.4) is 0 Å². The van der Waals surface area contributed by atoms with Gasteiger partial charge in [0.2, 0.25) is 0 Å². The van der Waals surface area contributed by atoms with Crippen molar-refractivity contribution < 1.29 is 19.4 Å². The summed E-state index contributed by atoms with van der Waals surface area (Å²) >= 11 is 0. The third-order valence-electron chi connectivity index (χ3n) is 2.99. The van der Waals surface area contributed by atoms with Gasteiger partial charge in [-0.25, -0.2) is 4.79 Å². The molecule has 0 spiro atoms. The molecule has 1 N–H and O–H groups in total. The molecule has 0 bridgehead atoms. The summed E-state index contributed by atoms with van der Waals surface area (Å²) in [6.07, 6.45) is 0. The van der Waals surface area contributed by atoms with Gasteiger partial charge in [-0.05, 0) is 38.3 Å². The minimum Gasteiger partial charge on any atom is -0.491 e. The van der Waals surface area contributed by atoms with Gasteiger partial charge in [0.15, 0.2) is 0 Å². The van der Waals surface area contributed by atoms with E-state index >= 15 is 0 Å². The maximum absolute atomic E-state index is 11.2. The van der Waals surface area contributed by atoms with Crippen molar-refractivity contribution in [3.05, 3.63) is 42.0 Å². The van der Waals surface area contributed by atoms with Crippen LogP contribution in [0.1, 0.15) is 31.1 Å². The molecule has 0 amide bonds. The number of carbonyl (C=O) groups is 1. The number of hydrogen-bond acceptors (Lipinski definition) is 3. The van der Waals surface area contributed by atoms with Crippen molar-refractivity contribution in [2.75, 3.05) is 13.2 Å². The van der Waals surface area contributed by atoms with Crippen molar-refractivity contribution in [3.63, 3.8) is 0 Å². The van der Waals surface area contributed by atoms with Crippen molar-refractivity contribution in [1.82, 2.24) is 0 Å². The third kappa shape index (κ3) is 3.95. The minimum atomic E-state index is -0.936. The largest absolute Gasteiger partial charge is 0.491 e. The second kappa shape index (κ2) is 6.14. The number of rotatable bonds is 5. The molecule has 0 aliphatic carbocycles. The molecule has 112 valence electrons. The maximum Gasteiger partial charge on any atom is 0.336 e. The molecule has 0 heterocycles. The maximum atomic E-state index is 11.2. The first-order valence-corrected chi connectivity index (χ1v) is 6.90. The number of carboxylic acid groups (broad SMARTS) is 1. The predicted molar refractivity (Wildman–Crippen MR) is 82.1 cm³/mol. The Hall–Kier alpha value is -2.07. The lowest BCUT2D eigenvalue weighted by Gasteiger charge is -2.19. The van der Waals surface area contributed by atoms with Crippen LogP contribution in [0.4, 0.5) is 0 Å². The molecule has 0 aromatic heterocycles. The second-order valence-corrected chi connectivity index (χ2v) is 5.77. The summed E-state index contributed by atoms with van der Waals surface area (Å²) in [5, 5.41) is 10.7. The van der Waals surface area contributed by atoms with Crippen LogP contribution in [0, 0.1) is 0 Å². The molecule has 0 aliphatic heterocycles. The summed E-state index contributed by atoms with van der Waals surface area (Å²) in [5.74, 6) is -0.262. The Labute approximate surface area is 124 Å². The zero-order valence-electron chi connectivity index (χ0n) is 12.6. The van der Waals surface area contributed by atoms with Crippen molar-refractivity contribution in [2.45, 2.75) is 26.4 Å². The summed E-state index contributed by atoms with van der Waals surface area (Å²) in [7, 11) is 0. The van der Waals surface area contributed by atoms with E-state index in [-0.39, 0.29) is 11.2 Å². The van der Waals surface area contributed by atoms with Crippen LogP contribution < -0.4 is 4.74 Å². The van der Waals surface area contributed by atoms with Gasteiger partial charge in [-0.3, -0.25) is 0 Å². The van der Waals surface area contributed by atoms with Crippen LogP contribution in [0.25, 0.3) is 10.8 Å². The lowest BCUT2D eigenvalue weighted by Crippen LogP contribution is -2.22. The van der Waals surface area contributed by atoms with Crippen molar-refractivity contribution in [2.24, 2.45) is 0 Å². The highest BCUT2D eigenvalue weighted by Gasteiger charge is 2.12. The van der Waals surface area contributed by atoms with E-state index < -0.39 is 5.97 Å². The van der Waals surface area contributed by atoms with E-state index in [1.165, 1.54) is 0 Å². The topological polar surface area (TPSA) is 55.8 Å². The highest BCUT2D eigenvalue weighted by Crippen LogP contribution is 2.28. The van der Waals surface area contributed by atoms with E-state index in [0.717, 1.165) is 5.39 Å². The summed E-state index contributed by atoms with van der Waals surface area (Å²) in [4.78, 5) is 11.2. The summed E-state index contributed by atoms with van der Waals surface area (Å²) in [5.41, 5.74) is 0.0855. The van der Waals surface area contributed by atoms with Crippen molar-refractivity contribution >= 4 is 16.7 Å². The number of carboxylic acids is 1. The van der Waals surface area contributed by atoms with E-state index in [9.17, 15) is 9.90 Å². The van der Waals surface area contributed by atoms with Crippen molar-refractivity contribution in [3.8, 4) is 5.75 Å². The molecule has 0 saturated heterocycles. The van der Waals surface area contributed by atoms with Gasteiger partial charge in [-0.2, -0.15) is 0 Å². The molecule has 2 aromatic rings. The Morgan fingerprint density at radius 1 is 1.05 bits per heavy atom. The third-order valence-corrected chi connectivity index (χ3v) is 2.99. The molecule has 0 saturated carbocycles. The minimum absolute atomic E-state index is 0.196. The molecular formula is C17H20O4. The zero-order valence-corrected chi connectivity index (χ0v) is 12.6. The van der Waals surface area contributed by atoms with Crippen LogP contribution in [-0.2, 0) is 4.74 Å². The Balaban J connectivity index is 2.18. The van der Waals surface area contributed by atoms with Gasteiger partial charge >= 0.3 is 5.97 Å². The molecule has 0 aliphatic rings. The first-order chi connectivity index (χ1) is 9.88. The number of aromatic carboxylic acids is 1. The van der Waals surface area contributed by atoms with E-state index in [4.69, 9.17) is 9.47 Å². The Bertz CT molecular complexity index is 641. The average molecular weight is 288 g/mol. The van der Waals surface area contributed by atoms with Crippen LogP contribution in [-0.4, -0.2) is 29.9 Å². The molecule has 21 heavy (non-hydrogen) atoms. The Kier molecular flexibility index (Phi) is 4.48. The molecule has 4 heteroatoms. The SMILES string of the molecule is CC(C)(C)OCCOc1ccc(C(=O)O)c2ccccc12. The highest BCUT2D eigenvalue weighted by atomic mass is 16.5. The fourth-order valence-electron chi connectivity index (χ4n) is 2.08. The van der Waals surface area contributed by atoms with Gasteiger partial charge in [-0.15, -0.1) is 0 Å². The highest BCUT2D eigenvalue weighted by molar-refractivity contribution is 6.05. The number of hydrogen-bond donors (Lipinski definition) is 1. The smallest absolute Gasteiger partial charge is 0.336 e. The first kappa shape index (κ1) is 15.3. The van der Waals surface area contributed by atoms with Crippen molar-refractivity contribution in [1.29, 1.82) is 0 Å². The molecule has 0 fully saturated rings. The lowest BCUT2D eigenvalue weighted by atomic mass is 10.0. The normalized spacial score (nSPS) is 11.6. The van der Waals surface area contributed by atoms with Gasteiger partial charge in [0.05, 0.1) is 17.8 Å². The standard InChI is InChI=1S/C17H20O4/c1-17(2,3)21-11-10-20-15-9-8-14(16(18)19)12-6-4-5-7-13(12)15/h4-9H,10-11H2,1-3H3,(H,18,19). The van der Waals surface area contributed by atoms with Gasteiger partial charge < -0.3 is 14.6 Å². The first-order valence-electron chi connectivity index (χ1n) is 6.90. The number of ether oxygens (including phenoxy) is 2. The lowest BCUT2D eigenvalue weighted by molar-refractivity contribution is -0.0161.